The van der Waals surface area contributed by atoms with E-state index in [1.807, 2.05) is 27.7 Å². The molecule has 8 aliphatic heterocycles. The Kier molecular flexibility index (Phi) is 9.42. The molecule has 14 nitrogen and oxygen atoms in total. The molecule has 2 spiro atoms. The largest absolute Gasteiger partial charge is 0.481 e. The van der Waals surface area contributed by atoms with Crippen LogP contribution in [-0.4, -0.2) is 69.2 Å². The van der Waals surface area contributed by atoms with Crippen molar-refractivity contribution in [3.63, 3.8) is 0 Å². The number of carbonyl (C=O) groups is 4. The van der Waals surface area contributed by atoms with Gasteiger partial charge >= 0.3 is 11.9 Å². The summed E-state index contributed by atoms with van der Waals surface area (Å²) < 4.78 is 12.2. The van der Waals surface area contributed by atoms with E-state index >= 15 is 0 Å². The van der Waals surface area contributed by atoms with E-state index in [0.717, 1.165) is 51.4 Å². The molecule has 4 N–H and O–H groups in total. The Labute approximate surface area is 281 Å². The van der Waals surface area contributed by atoms with Crippen LogP contribution in [0, 0.1) is 47.3 Å². The van der Waals surface area contributed by atoms with Gasteiger partial charge in [-0.1, -0.05) is 27.7 Å². The van der Waals surface area contributed by atoms with Crippen molar-refractivity contribution in [3.8, 4) is 0 Å². The zero-order chi connectivity index (χ0) is 34.8. The smallest absolute Gasteiger partial charge is 0.303 e. The van der Waals surface area contributed by atoms with Gasteiger partial charge in [0.05, 0.1) is 12.8 Å². The highest BCUT2D eigenvalue weighted by molar-refractivity contribution is 5.81. The lowest BCUT2D eigenvalue weighted by atomic mass is 9.57. The molecule has 48 heavy (non-hydrogen) atoms. The molecular weight excluding hydrogens is 628 g/mol. The van der Waals surface area contributed by atoms with Crippen LogP contribution in [0.5, 0.6) is 0 Å². The number of carbonyl (C=O) groups excluding carboxylic acids is 2. The number of hydrogen-bond donors (Lipinski definition) is 4. The molecule has 2 amide bonds. The van der Waals surface area contributed by atoms with Gasteiger partial charge in [0.1, 0.15) is 0 Å². The fourth-order valence-electron chi connectivity index (χ4n) is 10.1. The number of rotatable bonds is 3. The standard InChI is InChI=1S/2C15H23NO4.C4H6O4/c2*1-8-4-5-11-9(2)12(17)16-13-15(11)10(8)6-7-14(3,18-13)19-20-15;5-3(6)1-2-4(7)8/h2*8-11,13H,4-7H2,1-3H3,(H,16,17);1-2H2,(H,5,6)(H,7,8)/t2*8-,9-,10+,11+,13-,14-,15-;/m11./s1. The fourth-order valence-corrected chi connectivity index (χ4v) is 10.1. The lowest BCUT2D eigenvalue weighted by Crippen LogP contribution is -2.74. The first kappa shape index (κ1) is 35.5. The Hall–Kier alpha value is -2.36. The first-order valence-corrected chi connectivity index (χ1v) is 17.7. The van der Waals surface area contributed by atoms with Crippen molar-refractivity contribution < 1.29 is 58.4 Å². The molecule has 10 rings (SSSR count). The lowest BCUT2D eigenvalue weighted by Gasteiger charge is -2.58. The highest BCUT2D eigenvalue weighted by Crippen LogP contribution is 2.60. The topological polar surface area (TPSA) is 188 Å². The normalized spacial score (nSPS) is 49.5. The Morgan fingerprint density at radius 2 is 1.00 bits per heavy atom. The minimum atomic E-state index is -1.08. The van der Waals surface area contributed by atoms with Crippen LogP contribution < -0.4 is 10.6 Å². The number of carboxylic acids is 2. The molecular formula is C34H52N2O12. The number of nitrogens with one attached hydrogen (secondary N) is 2. The second-order valence-electron chi connectivity index (χ2n) is 15.8. The quantitative estimate of drug-likeness (QED) is 0.316. The highest BCUT2D eigenvalue weighted by atomic mass is 17.3. The number of aliphatic carboxylic acids is 2. The molecule has 4 bridgehead atoms. The SMILES string of the molecule is C[C@@H]1CC[C@H]2[C@@H](C)C(=O)N[C@@H]3O[C@@]4(C)CC[C@@H]1[C@]32OO4.C[C@@H]1CC[C@H]2[C@@H](C)C(=O)N[C@@H]3O[C@@]4(C)CC[C@@H]1[C@]32OO4.O=C(O)CCC(=O)O. The summed E-state index contributed by atoms with van der Waals surface area (Å²) in [6.45, 7) is 12.4. The molecule has 0 radical (unpaired) electrons. The van der Waals surface area contributed by atoms with Gasteiger partial charge in [0.15, 0.2) is 23.7 Å². The number of hydrogen-bond acceptors (Lipinski definition) is 10. The maximum Gasteiger partial charge on any atom is 0.303 e. The molecule has 10 aliphatic rings. The fraction of sp³-hybridized carbons (Fsp3) is 0.882. The van der Waals surface area contributed by atoms with Crippen molar-refractivity contribution in [2.75, 3.05) is 0 Å². The van der Waals surface area contributed by atoms with Crippen LogP contribution in [0.1, 0.15) is 106 Å². The van der Waals surface area contributed by atoms with Crippen molar-refractivity contribution in [2.45, 2.75) is 141 Å². The summed E-state index contributed by atoms with van der Waals surface area (Å²) in [5.41, 5.74) is -0.998. The summed E-state index contributed by atoms with van der Waals surface area (Å²) in [5.74, 6) is -1.25. The second-order valence-corrected chi connectivity index (χ2v) is 15.8. The Morgan fingerprint density at radius 1 is 0.625 bits per heavy atom. The van der Waals surface area contributed by atoms with E-state index in [2.05, 4.69) is 24.5 Å². The number of ether oxygens (including phenoxy) is 2. The monoisotopic (exact) mass is 680 g/mol. The molecule has 14 heteroatoms. The van der Waals surface area contributed by atoms with Gasteiger partial charge in [-0.15, -0.1) is 0 Å². The van der Waals surface area contributed by atoms with Crippen LogP contribution in [-0.2, 0) is 48.2 Å². The number of carboxylic acid groups (broad SMARTS) is 2. The van der Waals surface area contributed by atoms with Gasteiger partial charge in [0, 0.05) is 36.5 Å². The van der Waals surface area contributed by atoms with E-state index in [0.29, 0.717) is 23.7 Å². The van der Waals surface area contributed by atoms with E-state index in [1.165, 1.54) is 0 Å². The number of fused-ring (bicyclic) bond motifs is 4. The predicted molar refractivity (Wildman–Crippen MR) is 165 cm³/mol. The summed E-state index contributed by atoms with van der Waals surface area (Å²) in [5, 5.41) is 21.9. The molecule has 0 aromatic heterocycles. The van der Waals surface area contributed by atoms with Gasteiger partial charge in [-0.25, -0.2) is 19.6 Å². The average Bonchev–Trinajstić information content (AvgIpc) is 3.40. The third-order valence-corrected chi connectivity index (χ3v) is 12.8. The van der Waals surface area contributed by atoms with Crippen LogP contribution in [0.2, 0.25) is 0 Å². The summed E-state index contributed by atoms with van der Waals surface area (Å²) in [6, 6.07) is 0. The van der Waals surface area contributed by atoms with E-state index in [-0.39, 0.29) is 60.8 Å². The van der Waals surface area contributed by atoms with Gasteiger partial charge < -0.3 is 30.3 Å². The molecule has 2 saturated carbocycles. The van der Waals surface area contributed by atoms with Crippen molar-refractivity contribution in [3.05, 3.63) is 0 Å². The zero-order valence-electron chi connectivity index (χ0n) is 28.8. The van der Waals surface area contributed by atoms with Crippen molar-refractivity contribution in [1.29, 1.82) is 0 Å². The van der Waals surface area contributed by atoms with Gasteiger partial charge in [0.25, 0.3) is 0 Å². The number of piperidine rings is 2. The zero-order valence-corrected chi connectivity index (χ0v) is 28.8. The van der Waals surface area contributed by atoms with Gasteiger partial charge in [-0.2, -0.15) is 0 Å². The van der Waals surface area contributed by atoms with Crippen molar-refractivity contribution >= 4 is 23.8 Å². The third-order valence-electron chi connectivity index (χ3n) is 12.8. The van der Waals surface area contributed by atoms with Crippen LogP contribution >= 0.6 is 0 Å². The van der Waals surface area contributed by atoms with Crippen molar-refractivity contribution in [1.82, 2.24) is 10.6 Å². The average molecular weight is 681 g/mol. The van der Waals surface area contributed by atoms with E-state index < -0.39 is 34.7 Å². The van der Waals surface area contributed by atoms with Crippen LogP contribution in [0.15, 0.2) is 0 Å². The van der Waals surface area contributed by atoms with Crippen LogP contribution in [0.25, 0.3) is 0 Å². The molecule has 270 valence electrons. The van der Waals surface area contributed by atoms with Gasteiger partial charge in [-0.05, 0) is 76.0 Å². The Bertz CT molecular complexity index is 1200. The van der Waals surface area contributed by atoms with Crippen LogP contribution in [0.4, 0.5) is 0 Å². The lowest BCUT2D eigenvalue weighted by molar-refractivity contribution is -0.538. The number of amides is 2. The van der Waals surface area contributed by atoms with E-state index in [9.17, 15) is 19.2 Å². The summed E-state index contributed by atoms with van der Waals surface area (Å²) >= 11 is 0. The molecule has 8 heterocycles. The molecule has 8 saturated heterocycles. The molecule has 0 aromatic rings. The van der Waals surface area contributed by atoms with E-state index in [1.54, 1.807) is 0 Å². The molecule has 10 fully saturated rings. The first-order chi connectivity index (χ1) is 22.5. The molecule has 14 atom stereocenters. The maximum atomic E-state index is 12.2. The van der Waals surface area contributed by atoms with Gasteiger partial charge in [-0.3, -0.25) is 19.2 Å². The minimum Gasteiger partial charge on any atom is -0.481 e. The van der Waals surface area contributed by atoms with Gasteiger partial charge in [0.2, 0.25) is 23.4 Å². The molecule has 0 unspecified atom stereocenters. The maximum absolute atomic E-state index is 12.2. The summed E-state index contributed by atoms with van der Waals surface area (Å²) in [7, 11) is 0. The first-order valence-electron chi connectivity index (χ1n) is 17.7. The molecule has 0 aromatic carbocycles. The predicted octanol–water partition coefficient (Wildman–Crippen LogP) is 3.87. The van der Waals surface area contributed by atoms with Crippen LogP contribution in [0.3, 0.4) is 0 Å². The van der Waals surface area contributed by atoms with Crippen molar-refractivity contribution in [2.24, 2.45) is 47.3 Å². The Morgan fingerprint density at radius 3 is 1.35 bits per heavy atom. The minimum absolute atomic E-state index is 0.0455. The summed E-state index contributed by atoms with van der Waals surface area (Å²) in [4.78, 5) is 67.1. The Balaban J connectivity index is 0.000000138. The summed E-state index contributed by atoms with van der Waals surface area (Å²) in [6.07, 6.45) is 6.69. The second kappa shape index (κ2) is 12.8. The molecule has 2 aliphatic carbocycles. The highest BCUT2D eigenvalue weighted by Gasteiger charge is 2.70. The third kappa shape index (κ3) is 5.83. The van der Waals surface area contributed by atoms with E-state index in [4.69, 9.17) is 39.2 Å².